The minimum absolute atomic E-state index is 0.140. The van der Waals surface area contributed by atoms with Crippen LogP contribution in [0.4, 0.5) is 0 Å². The smallest absolute Gasteiger partial charge is 0.472 e. The van der Waals surface area contributed by atoms with Crippen LogP contribution in [0, 0.1) is 0 Å². The Morgan fingerprint density at radius 2 is 1.02 bits per heavy atom. The molecule has 4 N–H and O–H groups in total. The van der Waals surface area contributed by atoms with Crippen LogP contribution in [-0.2, 0) is 37.5 Å². The SMILES string of the molecule is CCCC/C=C\C/C=C\CCCCCCCC(=O)OC[C@H](COP(=O)(O)OC[C@H](N)C(=O)O)OC(=O)CCCCCCC/C=C\C/C=C\CCCC. The van der Waals surface area contributed by atoms with E-state index in [1.807, 2.05) is 0 Å². The summed E-state index contributed by atoms with van der Waals surface area (Å²) in [5.41, 5.74) is 5.32. The van der Waals surface area contributed by atoms with Gasteiger partial charge in [-0.15, -0.1) is 0 Å². The largest absolute Gasteiger partial charge is 0.480 e. The van der Waals surface area contributed by atoms with Gasteiger partial charge in [0.05, 0.1) is 13.2 Å². The number of nitrogens with two attached hydrogens (primary N) is 1. The number of hydrogen-bond acceptors (Lipinski definition) is 9. The van der Waals surface area contributed by atoms with Crippen molar-refractivity contribution < 1.29 is 47.5 Å². The maximum atomic E-state index is 12.6. The van der Waals surface area contributed by atoms with E-state index < -0.39 is 51.1 Å². The molecule has 12 heteroatoms. The average molecular weight is 756 g/mol. The summed E-state index contributed by atoms with van der Waals surface area (Å²) >= 11 is 0. The molecular weight excluding hydrogens is 685 g/mol. The third-order valence-corrected chi connectivity index (χ3v) is 9.00. The van der Waals surface area contributed by atoms with Crippen LogP contribution >= 0.6 is 7.82 Å². The second kappa shape index (κ2) is 35.5. The predicted molar refractivity (Wildman–Crippen MR) is 208 cm³/mol. The van der Waals surface area contributed by atoms with Gasteiger partial charge in [-0.2, -0.15) is 0 Å². The molecule has 0 radical (unpaired) electrons. The highest BCUT2D eigenvalue weighted by Gasteiger charge is 2.28. The van der Waals surface area contributed by atoms with E-state index in [1.54, 1.807) is 0 Å². The summed E-state index contributed by atoms with van der Waals surface area (Å²) in [6.07, 6.45) is 37.5. The van der Waals surface area contributed by atoms with Crippen LogP contribution in [0.5, 0.6) is 0 Å². The number of hydrogen-bond donors (Lipinski definition) is 3. The van der Waals surface area contributed by atoms with Crippen LogP contribution < -0.4 is 5.73 Å². The normalized spacial score (nSPS) is 14.4. The van der Waals surface area contributed by atoms with Crippen molar-refractivity contribution in [1.82, 2.24) is 0 Å². The number of aliphatic carboxylic acids is 1. The third kappa shape index (κ3) is 34.5. The van der Waals surface area contributed by atoms with Gasteiger partial charge in [-0.1, -0.05) is 127 Å². The molecule has 0 aliphatic heterocycles. The fourth-order valence-corrected chi connectivity index (χ4v) is 5.64. The van der Waals surface area contributed by atoms with E-state index in [0.29, 0.717) is 12.8 Å². The summed E-state index contributed by atoms with van der Waals surface area (Å²) in [6, 6.07) is -1.53. The Kier molecular flexibility index (Phi) is 33.7. The Labute approximate surface area is 314 Å². The van der Waals surface area contributed by atoms with Gasteiger partial charge in [0.1, 0.15) is 12.6 Å². The lowest BCUT2D eigenvalue weighted by Gasteiger charge is -2.20. The topological polar surface area (TPSA) is 172 Å². The van der Waals surface area contributed by atoms with Gasteiger partial charge in [-0.05, 0) is 64.2 Å². The van der Waals surface area contributed by atoms with Gasteiger partial charge < -0.3 is 25.2 Å². The summed E-state index contributed by atoms with van der Waals surface area (Å²) < 4.78 is 32.6. The molecule has 0 aliphatic carbocycles. The summed E-state index contributed by atoms with van der Waals surface area (Å²) in [5, 5.41) is 8.86. The fraction of sp³-hybridized carbons (Fsp3) is 0.725. The van der Waals surface area contributed by atoms with Gasteiger partial charge in [-0.25, -0.2) is 4.57 Å². The van der Waals surface area contributed by atoms with E-state index in [2.05, 4.69) is 67.0 Å². The van der Waals surface area contributed by atoms with E-state index in [-0.39, 0.29) is 19.4 Å². The number of phosphoric acid groups is 1. The molecule has 300 valence electrons. The number of carboxylic acids is 1. The summed E-state index contributed by atoms with van der Waals surface area (Å²) in [6.45, 7) is 2.67. The summed E-state index contributed by atoms with van der Waals surface area (Å²) in [5.74, 6) is -2.42. The number of unbranched alkanes of at least 4 members (excludes halogenated alkanes) is 14. The highest BCUT2D eigenvalue weighted by molar-refractivity contribution is 7.47. The number of rotatable bonds is 36. The van der Waals surface area contributed by atoms with Crippen molar-refractivity contribution in [3.63, 3.8) is 0 Å². The monoisotopic (exact) mass is 755 g/mol. The van der Waals surface area contributed by atoms with E-state index in [9.17, 15) is 23.8 Å². The second-order valence-electron chi connectivity index (χ2n) is 13.1. The number of carbonyl (C=O) groups is 3. The molecule has 0 saturated heterocycles. The molecule has 0 fully saturated rings. The van der Waals surface area contributed by atoms with Gasteiger partial charge in [0, 0.05) is 12.8 Å². The van der Waals surface area contributed by atoms with Gasteiger partial charge >= 0.3 is 25.7 Å². The number of carboxylic acid groups (broad SMARTS) is 1. The Morgan fingerprint density at radius 3 is 1.50 bits per heavy atom. The van der Waals surface area contributed by atoms with Crippen molar-refractivity contribution >= 4 is 25.7 Å². The molecule has 0 aromatic carbocycles. The van der Waals surface area contributed by atoms with Crippen molar-refractivity contribution in [3.05, 3.63) is 48.6 Å². The summed E-state index contributed by atoms with van der Waals surface area (Å²) in [7, 11) is -4.72. The van der Waals surface area contributed by atoms with E-state index >= 15 is 0 Å². The van der Waals surface area contributed by atoms with E-state index in [4.69, 9.17) is 24.8 Å². The molecule has 0 amide bonds. The average Bonchev–Trinajstić information content (AvgIpc) is 3.12. The molecule has 11 nitrogen and oxygen atoms in total. The lowest BCUT2D eigenvalue weighted by Crippen LogP contribution is -2.34. The van der Waals surface area contributed by atoms with Crippen LogP contribution in [0.3, 0.4) is 0 Å². The standard InChI is InChI=1S/C40H70NO10P/c1-3-5-7-9-11-13-15-17-19-21-23-25-27-29-31-38(42)48-33-36(34-49-52(46,47)50-35-37(41)40(44)45)51-39(43)32-30-28-26-24-22-20-18-16-14-12-10-8-6-4-2/h9-12,15-18,36-37H,3-8,13-14,19-35,41H2,1-2H3,(H,44,45)(H,46,47)/b11-9-,12-10-,17-15-,18-16-/t36-,37+/m1/s1. The first-order chi connectivity index (χ1) is 25.1. The third-order valence-electron chi connectivity index (χ3n) is 8.05. The zero-order valence-corrected chi connectivity index (χ0v) is 33.0. The maximum absolute atomic E-state index is 12.6. The first-order valence-electron chi connectivity index (χ1n) is 19.7. The lowest BCUT2D eigenvalue weighted by molar-refractivity contribution is -0.161. The molecule has 0 saturated carbocycles. The Bertz CT molecular complexity index is 1070. The minimum atomic E-state index is -4.72. The number of esters is 2. The molecule has 52 heavy (non-hydrogen) atoms. The van der Waals surface area contributed by atoms with E-state index in [1.165, 1.54) is 25.7 Å². The van der Waals surface area contributed by atoms with Crippen molar-refractivity contribution in [2.45, 2.75) is 167 Å². The number of carbonyl (C=O) groups excluding carboxylic acids is 2. The molecule has 0 aromatic rings. The Morgan fingerprint density at radius 1 is 0.596 bits per heavy atom. The van der Waals surface area contributed by atoms with Crippen molar-refractivity contribution in [2.24, 2.45) is 5.73 Å². The molecule has 0 bridgehead atoms. The van der Waals surface area contributed by atoms with Gasteiger partial charge in [0.2, 0.25) is 0 Å². The van der Waals surface area contributed by atoms with Crippen LogP contribution in [0.1, 0.15) is 155 Å². The highest BCUT2D eigenvalue weighted by Crippen LogP contribution is 2.43. The second-order valence-corrected chi connectivity index (χ2v) is 14.5. The molecule has 0 heterocycles. The first kappa shape index (κ1) is 49.4. The minimum Gasteiger partial charge on any atom is -0.480 e. The maximum Gasteiger partial charge on any atom is 0.472 e. The molecule has 0 aromatic heterocycles. The predicted octanol–water partition coefficient (Wildman–Crippen LogP) is 9.83. The Hall–Kier alpha value is -2.56. The molecular formula is C40H70NO10P. The number of phosphoric ester groups is 1. The van der Waals surface area contributed by atoms with Crippen LogP contribution in [0.25, 0.3) is 0 Å². The quantitative estimate of drug-likeness (QED) is 0.0241. The first-order valence-corrected chi connectivity index (χ1v) is 21.2. The zero-order valence-electron chi connectivity index (χ0n) is 32.1. The zero-order chi connectivity index (χ0) is 38.5. The number of ether oxygens (including phenoxy) is 2. The van der Waals surface area contributed by atoms with Crippen molar-refractivity contribution in [1.29, 1.82) is 0 Å². The van der Waals surface area contributed by atoms with E-state index in [0.717, 1.165) is 89.9 Å². The highest BCUT2D eigenvalue weighted by atomic mass is 31.2. The summed E-state index contributed by atoms with van der Waals surface area (Å²) in [4.78, 5) is 45.8. The lowest BCUT2D eigenvalue weighted by atomic mass is 10.1. The van der Waals surface area contributed by atoms with Crippen LogP contribution in [0.15, 0.2) is 48.6 Å². The molecule has 0 aliphatic rings. The van der Waals surface area contributed by atoms with Crippen LogP contribution in [-0.4, -0.2) is 59.9 Å². The van der Waals surface area contributed by atoms with Gasteiger partial charge in [-0.3, -0.25) is 23.4 Å². The number of allylic oxidation sites excluding steroid dienone is 8. The molecule has 0 spiro atoms. The van der Waals surface area contributed by atoms with Gasteiger partial charge in [0.25, 0.3) is 0 Å². The van der Waals surface area contributed by atoms with Crippen molar-refractivity contribution in [2.75, 3.05) is 19.8 Å². The molecule has 1 unspecified atom stereocenters. The van der Waals surface area contributed by atoms with Crippen LogP contribution in [0.2, 0.25) is 0 Å². The fourth-order valence-electron chi connectivity index (χ4n) is 4.86. The van der Waals surface area contributed by atoms with Crippen molar-refractivity contribution in [3.8, 4) is 0 Å². The molecule has 0 rings (SSSR count). The molecule has 3 atom stereocenters. The van der Waals surface area contributed by atoms with Gasteiger partial charge in [0.15, 0.2) is 6.10 Å². The Balaban J connectivity index is 4.48.